The summed E-state index contributed by atoms with van der Waals surface area (Å²) >= 11 is 0. The molecule has 1 aromatic rings. The minimum Gasteiger partial charge on any atom is -0.457 e. The van der Waals surface area contributed by atoms with Crippen LogP contribution < -0.4 is 5.32 Å². The predicted molar refractivity (Wildman–Crippen MR) is 208 cm³/mol. The van der Waals surface area contributed by atoms with E-state index in [0.717, 1.165) is 6.92 Å². The maximum atomic E-state index is 14.4. The molecule has 1 saturated heterocycles. The average Bonchev–Trinajstić information content (AvgIpc) is 3.37. The van der Waals surface area contributed by atoms with Crippen molar-refractivity contribution >= 4 is 30.0 Å². The number of ether oxygens (including phenoxy) is 6. The minimum absolute atomic E-state index is 0.0500. The van der Waals surface area contributed by atoms with Crippen molar-refractivity contribution in [2.24, 2.45) is 22.7 Å². The number of aliphatic hydroxyl groups is 4. The lowest BCUT2D eigenvalue weighted by Crippen LogP contribution is -2.78. The van der Waals surface area contributed by atoms with Gasteiger partial charge >= 0.3 is 30.0 Å². The van der Waals surface area contributed by atoms with Gasteiger partial charge in [0.15, 0.2) is 17.8 Å². The van der Waals surface area contributed by atoms with E-state index in [2.05, 4.69) is 5.32 Å². The van der Waals surface area contributed by atoms with E-state index >= 15 is 0 Å². The fourth-order valence-electron chi connectivity index (χ4n) is 9.99. The molecule has 2 saturated carbocycles. The number of benzene rings is 1. The molecular formula is C43H61NO15. The Morgan fingerprint density at radius 2 is 1.59 bits per heavy atom. The van der Waals surface area contributed by atoms with Gasteiger partial charge in [0.1, 0.15) is 30.0 Å². The van der Waals surface area contributed by atoms with Crippen molar-refractivity contribution in [3.8, 4) is 0 Å². The van der Waals surface area contributed by atoms with Gasteiger partial charge in [-0.25, -0.2) is 14.4 Å². The summed E-state index contributed by atoms with van der Waals surface area (Å²) in [6.45, 7) is 16.7. The lowest BCUT2D eigenvalue weighted by molar-refractivity contribution is -0.351. The summed E-state index contributed by atoms with van der Waals surface area (Å²) in [5, 5.41) is 51.5. The fraction of sp³-hybridized carbons (Fsp3) is 0.698. The molecule has 2 unspecified atom stereocenters. The van der Waals surface area contributed by atoms with Crippen molar-refractivity contribution in [3.05, 3.63) is 47.0 Å². The van der Waals surface area contributed by atoms with Crippen molar-refractivity contribution in [1.29, 1.82) is 0 Å². The van der Waals surface area contributed by atoms with Crippen LogP contribution in [0.25, 0.3) is 0 Å². The Bertz CT molecular complexity index is 1820. The van der Waals surface area contributed by atoms with Gasteiger partial charge < -0.3 is 54.2 Å². The molecule has 5 rings (SSSR count). The molecule has 0 bridgehead atoms. The molecule has 3 aliphatic carbocycles. The Kier molecular flexibility index (Phi) is 12.8. The molecule has 16 heteroatoms. The van der Waals surface area contributed by atoms with Crippen LogP contribution in [0.4, 0.5) is 4.79 Å². The number of carbonyl (C=O) groups is 5. The van der Waals surface area contributed by atoms with Crippen LogP contribution in [0.2, 0.25) is 0 Å². The van der Waals surface area contributed by atoms with Crippen molar-refractivity contribution < 1.29 is 72.8 Å². The van der Waals surface area contributed by atoms with Gasteiger partial charge in [0.05, 0.1) is 41.3 Å². The number of carbonyl (C=O) groups excluding carboxylic acids is 5. The predicted octanol–water partition coefficient (Wildman–Crippen LogP) is 3.30. The lowest BCUT2D eigenvalue weighted by Gasteiger charge is -2.65. The summed E-state index contributed by atoms with van der Waals surface area (Å²) in [4.78, 5) is 67.2. The number of fused-ring (bicyclic) bond motifs is 4. The van der Waals surface area contributed by atoms with E-state index in [1.807, 2.05) is 13.8 Å². The first-order valence-corrected chi connectivity index (χ1v) is 20.1. The Hall–Kier alpha value is -4.09. The summed E-state index contributed by atoms with van der Waals surface area (Å²) in [6.07, 6.45) is -11.9. The van der Waals surface area contributed by atoms with Crippen LogP contribution in [0.15, 0.2) is 41.5 Å². The summed E-state index contributed by atoms with van der Waals surface area (Å²) in [6, 6.07) is 6.82. The smallest absolute Gasteiger partial charge is 0.407 e. The van der Waals surface area contributed by atoms with E-state index in [0.29, 0.717) is 0 Å². The van der Waals surface area contributed by atoms with Crippen LogP contribution in [0.3, 0.4) is 0 Å². The Balaban J connectivity index is 1.73. The van der Waals surface area contributed by atoms with Gasteiger partial charge in [-0.3, -0.25) is 9.59 Å². The standard InChI is InChI=1S/C43H61NO15/c1-21(2)17-26(44-38(52)59-39(6,7)8)31(48)37(51)56-27-19-42(40(9,10)53)30(22(27)3)32(55-23(4)45)34(49)41(11)28(47)18-29-43(20-54-29,58-24(5)46)33(41)35(42)57-36(50)25-15-13-12-14-16-25/h12-16,21,26-29,31-35,47-49,53H,17-20H2,1-11H3,(H,44,52)/t26-,27-,28-,29?,31?,32-,33-,34-,35-,41+,42-,43-/m0/s1. The van der Waals surface area contributed by atoms with Gasteiger partial charge in [0.25, 0.3) is 0 Å². The molecule has 1 amide bonds. The fourth-order valence-corrected chi connectivity index (χ4v) is 9.99. The molecule has 59 heavy (non-hydrogen) atoms. The third-order valence-corrected chi connectivity index (χ3v) is 12.6. The van der Waals surface area contributed by atoms with Crippen LogP contribution in [0.1, 0.15) is 106 Å². The normalized spacial score (nSPS) is 33.8. The zero-order valence-corrected chi connectivity index (χ0v) is 35.8. The summed E-state index contributed by atoms with van der Waals surface area (Å²) < 4.78 is 36.0. The number of amides is 1. The van der Waals surface area contributed by atoms with Crippen LogP contribution >= 0.6 is 0 Å². The quantitative estimate of drug-likeness (QED) is 0.122. The average molecular weight is 832 g/mol. The molecule has 12 atom stereocenters. The highest BCUT2D eigenvalue weighted by molar-refractivity contribution is 5.89. The number of esters is 4. The largest absolute Gasteiger partial charge is 0.457 e. The summed E-state index contributed by atoms with van der Waals surface area (Å²) in [7, 11) is 0. The van der Waals surface area contributed by atoms with Gasteiger partial charge in [-0.05, 0) is 77.2 Å². The number of alkyl carbamates (subject to hydrolysis) is 1. The molecule has 0 spiro atoms. The zero-order valence-electron chi connectivity index (χ0n) is 35.8. The van der Waals surface area contributed by atoms with Crippen LogP contribution in [-0.4, -0.2) is 123 Å². The highest BCUT2D eigenvalue weighted by Gasteiger charge is 2.79. The summed E-state index contributed by atoms with van der Waals surface area (Å²) in [5.41, 5.74) is -7.88. The molecule has 0 radical (unpaired) electrons. The molecule has 328 valence electrons. The van der Waals surface area contributed by atoms with Crippen molar-refractivity contribution in [2.45, 2.75) is 161 Å². The minimum atomic E-state index is -1.99. The SMILES string of the molecule is CC(=O)O[C@H]1C2=C(C)[C@@H](OC(=O)C(O)[C@H](CC(C)C)NC(=O)OC(C)(C)C)C[C@@]2(C(C)(C)O)[C@@H](OC(=O)c2ccccc2)[C@H]2[C@@](C)([C@@H](O)CC3OC[C@]32OC(C)=O)[C@H]1O. The Morgan fingerprint density at radius 1 is 0.966 bits per heavy atom. The number of hydrogen-bond acceptors (Lipinski definition) is 15. The molecule has 4 aliphatic rings. The highest BCUT2D eigenvalue weighted by atomic mass is 16.6. The Morgan fingerprint density at radius 3 is 2.10 bits per heavy atom. The maximum absolute atomic E-state index is 14.4. The van der Waals surface area contributed by atoms with Crippen LogP contribution in [-0.2, 0) is 42.8 Å². The molecular weight excluding hydrogens is 770 g/mol. The zero-order chi connectivity index (χ0) is 44.2. The highest BCUT2D eigenvalue weighted by Crippen LogP contribution is 2.68. The second-order valence-corrected chi connectivity index (χ2v) is 18.7. The molecule has 0 aromatic heterocycles. The van der Waals surface area contributed by atoms with E-state index in [9.17, 15) is 44.4 Å². The topological polar surface area (TPSA) is 234 Å². The van der Waals surface area contributed by atoms with Gasteiger partial charge in [0, 0.05) is 32.1 Å². The second-order valence-electron chi connectivity index (χ2n) is 18.7. The molecule has 1 aromatic carbocycles. The number of nitrogens with one attached hydrogen (secondary N) is 1. The van der Waals surface area contributed by atoms with Crippen LogP contribution in [0, 0.1) is 22.7 Å². The third-order valence-electron chi connectivity index (χ3n) is 12.6. The van der Waals surface area contributed by atoms with Crippen molar-refractivity contribution in [2.75, 3.05) is 6.61 Å². The van der Waals surface area contributed by atoms with Crippen molar-refractivity contribution in [3.63, 3.8) is 0 Å². The van der Waals surface area contributed by atoms with Gasteiger partial charge in [-0.1, -0.05) is 39.0 Å². The molecule has 5 N–H and O–H groups in total. The van der Waals surface area contributed by atoms with Crippen molar-refractivity contribution in [1.82, 2.24) is 5.32 Å². The number of hydrogen-bond donors (Lipinski definition) is 5. The molecule has 3 fully saturated rings. The lowest BCUT2D eigenvalue weighted by atomic mass is 9.49. The first kappa shape index (κ1) is 46.0. The Labute approximate surface area is 344 Å². The van der Waals surface area contributed by atoms with E-state index in [1.165, 1.54) is 39.8 Å². The first-order chi connectivity index (χ1) is 27.2. The van der Waals surface area contributed by atoms with Crippen LogP contribution in [0.5, 0.6) is 0 Å². The number of aliphatic hydroxyl groups excluding tert-OH is 3. The van der Waals surface area contributed by atoms with Gasteiger partial charge in [0.2, 0.25) is 0 Å². The second kappa shape index (κ2) is 16.4. The maximum Gasteiger partial charge on any atom is 0.407 e. The van der Waals surface area contributed by atoms with E-state index in [-0.39, 0.29) is 48.5 Å². The molecule has 16 nitrogen and oxygen atoms in total. The first-order valence-electron chi connectivity index (χ1n) is 20.1. The third kappa shape index (κ3) is 8.35. The van der Waals surface area contributed by atoms with E-state index in [1.54, 1.807) is 45.9 Å². The molecule has 1 aliphatic heterocycles. The van der Waals surface area contributed by atoms with E-state index < -0.39 is 112 Å². The van der Waals surface area contributed by atoms with Gasteiger partial charge in [-0.15, -0.1) is 0 Å². The monoisotopic (exact) mass is 831 g/mol. The van der Waals surface area contributed by atoms with Gasteiger partial charge in [-0.2, -0.15) is 0 Å². The van der Waals surface area contributed by atoms with E-state index in [4.69, 9.17) is 28.4 Å². The number of rotatable bonds is 11. The summed E-state index contributed by atoms with van der Waals surface area (Å²) in [5.74, 6) is -5.05. The molecule has 1 heterocycles.